The van der Waals surface area contributed by atoms with Crippen molar-refractivity contribution in [3.8, 4) is 11.5 Å². The molecule has 1 saturated heterocycles. The van der Waals surface area contributed by atoms with Crippen LogP contribution in [0.5, 0.6) is 11.5 Å². The van der Waals surface area contributed by atoms with E-state index >= 15 is 0 Å². The Hall–Kier alpha value is -2.86. The normalized spacial score (nSPS) is 14.1. The van der Waals surface area contributed by atoms with Gasteiger partial charge in [0.15, 0.2) is 0 Å². The maximum atomic E-state index is 12.0. The molecule has 1 aliphatic heterocycles. The van der Waals surface area contributed by atoms with Gasteiger partial charge in [-0.25, -0.2) is 0 Å². The summed E-state index contributed by atoms with van der Waals surface area (Å²) >= 11 is 0. The molecule has 6 heteroatoms. The van der Waals surface area contributed by atoms with Crippen LogP contribution in [0.3, 0.4) is 0 Å². The van der Waals surface area contributed by atoms with Gasteiger partial charge in [0.2, 0.25) is 0 Å². The van der Waals surface area contributed by atoms with E-state index in [0.29, 0.717) is 37.7 Å². The Morgan fingerprint density at radius 3 is 2.21 bits per heavy atom. The number of morpholine rings is 1. The maximum absolute atomic E-state index is 12.0. The second kappa shape index (κ2) is 7.61. The molecule has 24 heavy (non-hydrogen) atoms. The summed E-state index contributed by atoms with van der Waals surface area (Å²) in [5, 5.41) is 2.60. The summed E-state index contributed by atoms with van der Waals surface area (Å²) in [5.74, 6) is 0.201. The number of nitrogens with zero attached hydrogens (tertiary/aromatic N) is 1. The highest BCUT2D eigenvalue weighted by Crippen LogP contribution is 2.22. The average Bonchev–Trinajstić information content (AvgIpc) is 2.64. The zero-order chi connectivity index (χ0) is 16.8. The molecule has 1 N–H and O–H groups in total. The van der Waals surface area contributed by atoms with Crippen LogP contribution in [0, 0.1) is 0 Å². The third-order valence-electron chi connectivity index (χ3n) is 3.58. The first kappa shape index (κ1) is 16.0. The summed E-state index contributed by atoms with van der Waals surface area (Å²) in [6.07, 6.45) is 0. The summed E-state index contributed by atoms with van der Waals surface area (Å²) in [5.41, 5.74) is 0.544. The van der Waals surface area contributed by atoms with E-state index in [4.69, 9.17) is 9.47 Å². The summed E-state index contributed by atoms with van der Waals surface area (Å²) in [7, 11) is 0. The third kappa shape index (κ3) is 4.11. The van der Waals surface area contributed by atoms with Gasteiger partial charge in [0.1, 0.15) is 11.5 Å². The van der Waals surface area contributed by atoms with Crippen molar-refractivity contribution in [1.82, 2.24) is 4.90 Å². The molecule has 0 atom stereocenters. The second-order valence-electron chi connectivity index (χ2n) is 5.30. The molecular weight excluding hydrogens is 308 g/mol. The van der Waals surface area contributed by atoms with Gasteiger partial charge in [-0.05, 0) is 36.4 Å². The molecule has 6 nitrogen and oxygen atoms in total. The number of carbonyl (C=O) groups excluding carboxylic acids is 2. The smallest absolute Gasteiger partial charge is 0.313 e. The topological polar surface area (TPSA) is 67.9 Å². The number of hydrogen-bond donors (Lipinski definition) is 1. The molecule has 1 aliphatic rings. The van der Waals surface area contributed by atoms with Crippen molar-refractivity contribution in [2.45, 2.75) is 0 Å². The minimum absolute atomic E-state index is 0.441. The van der Waals surface area contributed by atoms with Crippen molar-refractivity contribution < 1.29 is 19.1 Å². The predicted octanol–water partition coefficient (Wildman–Crippen LogP) is 2.28. The van der Waals surface area contributed by atoms with Crippen LogP contribution in [0.1, 0.15) is 0 Å². The number of nitrogens with one attached hydrogen (secondary N) is 1. The SMILES string of the molecule is O=C(Nc1ccc(Oc2ccccc2)cc1)C(=O)N1CCOCC1. The first-order chi connectivity index (χ1) is 11.7. The van der Waals surface area contributed by atoms with Crippen LogP contribution in [0.2, 0.25) is 0 Å². The molecule has 124 valence electrons. The number of amides is 2. The minimum Gasteiger partial charge on any atom is -0.457 e. The quantitative estimate of drug-likeness (QED) is 0.879. The minimum atomic E-state index is -0.645. The van der Waals surface area contributed by atoms with Gasteiger partial charge in [0.05, 0.1) is 13.2 Å². The number of anilines is 1. The van der Waals surface area contributed by atoms with Crippen molar-refractivity contribution in [2.75, 3.05) is 31.6 Å². The monoisotopic (exact) mass is 326 g/mol. The number of ether oxygens (including phenoxy) is 2. The maximum Gasteiger partial charge on any atom is 0.313 e. The van der Waals surface area contributed by atoms with Crippen LogP contribution in [-0.4, -0.2) is 43.0 Å². The van der Waals surface area contributed by atoms with Gasteiger partial charge in [-0.2, -0.15) is 0 Å². The Morgan fingerprint density at radius 2 is 1.54 bits per heavy atom. The highest BCUT2D eigenvalue weighted by atomic mass is 16.5. The van der Waals surface area contributed by atoms with Gasteiger partial charge in [-0.1, -0.05) is 18.2 Å². The number of hydrogen-bond acceptors (Lipinski definition) is 4. The summed E-state index contributed by atoms with van der Waals surface area (Å²) in [6, 6.07) is 16.3. The van der Waals surface area contributed by atoms with E-state index in [0.717, 1.165) is 5.75 Å². The number of carbonyl (C=O) groups is 2. The molecular formula is C18H18N2O4. The Kier molecular flexibility index (Phi) is 5.08. The molecule has 2 aromatic rings. The highest BCUT2D eigenvalue weighted by Gasteiger charge is 2.23. The van der Waals surface area contributed by atoms with E-state index in [9.17, 15) is 9.59 Å². The fourth-order valence-corrected chi connectivity index (χ4v) is 2.33. The molecule has 0 aliphatic carbocycles. The molecule has 0 bridgehead atoms. The molecule has 0 saturated carbocycles. The van der Waals surface area contributed by atoms with E-state index in [-0.39, 0.29) is 0 Å². The summed E-state index contributed by atoms with van der Waals surface area (Å²) in [6.45, 7) is 1.81. The number of rotatable bonds is 3. The van der Waals surface area contributed by atoms with Crippen molar-refractivity contribution in [1.29, 1.82) is 0 Å². The van der Waals surface area contributed by atoms with Crippen molar-refractivity contribution in [3.05, 3.63) is 54.6 Å². The molecule has 0 radical (unpaired) electrons. The Labute approximate surface area is 140 Å². The van der Waals surface area contributed by atoms with E-state index in [1.165, 1.54) is 4.90 Å². The van der Waals surface area contributed by atoms with E-state index in [2.05, 4.69) is 5.32 Å². The largest absolute Gasteiger partial charge is 0.457 e. The lowest BCUT2D eigenvalue weighted by Crippen LogP contribution is -2.45. The van der Waals surface area contributed by atoms with E-state index < -0.39 is 11.8 Å². The summed E-state index contributed by atoms with van der Waals surface area (Å²) in [4.78, 5) is 25.5. The van der Waals surface area contributed by atoms with Crippen LogP contribution < -0.4 is 10.1 Å². The number of para-hydroxylation sites is 1. The summed E-state index contributed by atoms with van der Waals surface area (Å²) < 4.78 is 10.8. The first-order valence-corrected chi connectivity index (χ1v) is 7.73. The van der Waals surface area contributed by atoms with Crippen LogP contribution in [0.4, 0.5) is 5.69 Å². The van der Waals surface area contributed by atoms with Crippen molar-refractivity contribution in [2.24, 2.45) is 0 Å². The van der Waals surface area contributed by atoms with Gasteiger partial charge < -0.3 is 19.7 Å². The fourth-order valence-electron chi connectivity index (χ4n) is 2.33. The molecule has 3 rings (SSSR count). The van der Waals surface area contributed by atoms with Gasteiger partial charge in [-0.15, -0.1) is 0 Å². The third-order valence-corrected chi connectivity index (χ3v) is 3.58. The lowest BCUT2D eigenvalue weighted by Gasteiger charge is -2.26. The van der Waals surface area contributed by atoms with E-state index in [1.54, 1.807) is 24.3 Å². The van der Waals surface area contributed by atoms with Crippen LogP contribution in [-0.2, 0) is 14.3 Å². The van der Waals surface area contributed by atoms with Gasteiger partial charge in [0, 0.05) is 18.8 Å². The molecule has 1 heterocycles. The lowest BCUT2D eigenvalue weighted by atomic mass is 10.3. The Morgan fingerprint density at radius 1 is 0.917 bits per heavy atom. The van der Waals surface area contributed by atoms with Crippen LogP contribution in [0.15, 0.2) is 54.6 Å². The van der Waals surface area contributed by atoms with Crippen LogP contribution in [0.25, 0.3) is 0 Å². The molecule has 0 spiro atoms. The number of benzene rings is 2. The molecule has 2 amide bonds. The molecule has 2 aromatic carbocycles. The Balaban J connectivity index is 1.57. The van der Waals surface area contributed by atoms with Gasteiger partial charge in [0.25, 0.3) is 0 Å². The fraction of sp³-hybridized carbons (Fsp3) is 0.222. The van der Waals surface area contributed by atoms with E-state index in [1.807, 2.05) is 30.3 Å². The lowest BCUT2D eigenvalue weighted by molar-refractivity contribution is -0.145. The van der Waals surface area contributed by atoms with Crippen molar-refractivity contribution in [3.63, 3.8) is 0 Å². The molecule has 1 fully saturated rings. The second-order valence-corrected chi connectivity index (χ2v) is 5.30. The highest BCUT2D eigenvalue weighted by molar-refractivity contribution is 6.39. The first-order valence-electron chi connectivity index (χ1n) is 7.73. The standard InChI is InChI=1S/C18H18N2O4/c21-17(18(22)20-10-12-23-13-11-20)19-14-6-8-16(9-7-14)24-15-4-2-1-3-5-15/h1-9H,10-13H2,(H,19,21). The Bertz CT molecular complexity index is 695. The van der Waals surface area contributed by atoms with Gasteiger partial charge in [-0.3, -0.25) is 9.59 Å². The van der Waals surface area contributed by atoms with Gasteiger partial charge >= 0.3 is 11.8 Å². The molecule has 0 aromatic heterocycles. The predicted molar refractivity (Wildman–Crippen MR) is 89.0 cm³/mol. The van der Waals surface area contributed by atoms with Crippen LogP contribution >= 0.6 is 0 Å². The average molecular weight is 326 g/mol. The zero-order valence-corrected chi connectivity index (χ0v) is 13.1. The van der Waals surface area contributed by atoms with Crippen molar-refractivity contribution >= 4 is 17.5 Å². The molecule has 0 unspecified atom stereocenters. The zero-order valence-electron chi connectivity index (χ0n) is 13.1.